The molecule has 0 radical (unpaired) electrons. The normalized spacial score (nSPS) is 12.1. The summed E-state index contributed by atoms with van der Waals surface area (Å²) < 4.78 is 12.9. The average molecular weight is 268 g/mol. The van der Waals surface area contributed by atoms with Gasteiger partial charge in [0, 0.05) is 13.1 Å². The van der Waals surface area contributed by atoms with Gasteiger partial charge in [-0.2, -0.15) is 5.26 Å². The number of hydrogen-bond donors (Lipinski definition) is 0. The van der Waals surface area contributed by atoms with Crippen molar-refractivity contribution in [2.45, 2.75) is 12.5 Å². The summed E-state index contributed by atoms with van der Waals surface area (Å²) in [6, 6.07) is 18.6. The third-order valence-electron chi connectivity index (χ3n) is 3.22. The fourth-order valence-corrected chi connectivity index (χ4v) is 2.18. The fraction of sp³-hybridized carbons (Fsp3) is 0.235. The minimum absolute atomic E-state index is 0.151. The van der Waals surface area contributed by atoms with Crippen molar-refractivity contribution in [1.29, 1.82) is 5.26 Å². The van der Waals surface area contributed by atoms with Gasteiger partial charge in [-0.15, -0.1) is 0 Å². The van der Waals surface area contributed by atoms with Crippen LogP contribution in [0.3, 0.4) is 0 Å². The van der Waals surface area contributed by atoms with Crippen LogP contribution in [0.1, 0.15) is 17.0 Å². The lowest BCUT2D eigenvalue weighted by molar-refractivity contribution is 0.320. The van der Waals surface area contributed by atoms with Crippen molar-refractivity contribution in [1.82, 2.24) is 4.90 Å². The van der Waals surface area contributed by atoms with E-state index in [9.17, 15) is 9.65 Å². The van der Waals surface area contributed by atoms with Crippen molar-refractivity contribution in [3.8, 4) is 6.07 Å². The first-order chi connectivity index (χ1) is 9.69. The van der Waals surface area contributed by atoms with Crippen LogP contribution in [-0.2, 0) is 6.54 Å². The first-order valence-corrected chi connectivity index (χ1v) is 6.56. The molecule has 3 heteroatoms. The van der Waals surface area contributed by atoms with Gasteiger partial charge in [0.2, 0.25) is 0 Å². The Morgan fingerprint density at radius 1 is 1.10 bits per heavy atom. The van der Waals surface area contributed by atoms with E-state index in [0.29, 0.717) is 13.1 Å². The molecule has 1 atom stereocenters. The molecule has 0 aliphatic rings. The number of benzene rings is 2. The second kappa shape index (κ2) is 6.83. The van der Waals surface area contributed by atoms with Crippen LogP contribution in [0.25, 0.3) is 0 Å². The van der Waals surface area contributed by atoms with Crippen LogP contribution >= 0.6 is 0 Å². The molecule has 102 valence electrons. The molecule has 0 saturated carbocycles. The maximum Gasteiger partial charge on any atom is 0.123 e. The zero-order valence-corrected chi connectivity index (χ0v) is 11.5. The quantitative estimate of drug-likeness (QED) is 0.829. The highest BCUT2D eigenvalue weighted by Crippen LogP contribution is 2.16. The van der Waals surface area contributed by atoms with E-state index >= 15 is 0 Å². The van der Waals surface area contributed by atoms with E-state index in [2.05, 4.69) is 11.0 Å². The Balaban J connectivity index is 1.98. The van der Waals surface area contributed by atoms with Gasteiger partial charge in [-0.3, -0.25) is 0 Å². The molecule has 0 spiro atoms. The Bertz CT molecular complexity index is 572. The molecule has 0 aromatic heterocycles. The molecule has 0 bridgehead atoms. The maximum absolute atomic E-state index is 12.9. The molecule has 0 aliphatic heterocycles. The van der Waals surface area contributed by atoms with Crippen molar-refractivity contribution in [3.63, 3.8) is 0 Å². The molecule has 0 N–H and O–H groups in total. The molecule has 0 heterocycles. The van der Waals surface area contributed by atoms with E-state index in [1.54, 1.807) is 12.1 Å². The van der Waals surface area contributed by atoms with E-state index in [-0.39, 0.29) is 11.7 Å². The largest absolute Gasteiger partial charge is 0.300 e. The van der Waals surface area contributed by atoms with Gasteiger partial charge in [0.1, 0.15) is 5.82 Å². The van der Waals surface area contributed by atoms with Crippen molar-refractivity contribution in [2.24, 2.45) is 0 Å². The number of likely N-dealkylation sites (N-methyl/N-ethyl adjacent to an activating group) is 1. The van der Waals surface area contributed by atoms with Crippen LogP contribution in [-0.4, -0.2) is 18.5 Å². The molecular weight excluding hydrogens is 251 g/mol. The van der Waals surface area contributed by atoms with Crippen molar-refractivity contribution < 1.29 is 4.39 Å². The third-order valence-corrected chi connectivity index (χ3v) is 3.22. The summed E-state index contributed by atoms with van der Waals surface area (Å²) in [6.07, 6.45) is 0. The standard InChI is InChI=1S/C17H17FN2/c1-20(12-14-7-9-17(18)10-8-14)13-16(11-19)15-5-3-2-4-6-15/h2-10,16H,12-13H2,1H3. The lowest BCUT2D eigenvalue weighted by Gasteiger charge is -2.20. The van der Waals surface area contributed by atoms with Gasteiger partial charge in [0.25, 0.3) is 0 Å². The van der Waals surface area contributed by atoms with E-state index < -0.39 is 0 Å². The maximum atomic E-state index is 12.9. The minimum Gasteiger partial charge on any atom is -0.300 e. The van der Waals surface area contributed by atoms with Crippen LogP contribution in [0, 0.1) is 17.1 Å². The SMILES string of the molecule is CN(Cc1ccc(F)cc1)CC(C#N)c1ccccc1. The molecule has 0 amide bonds. The Kier molecular flexibility index (Phi) is 4.86. The monoisotopic (exact) mass is 268 g/mol. The molecule has 2 aromatic rings. The Hall–Kier alpha value is -2.18. The number of rotatable bonds is 5. The summed E-state index contributed by atoms with van der Waals surface area (Å²) in [5.74, 6) is -0.378. The Morgan fingerprint density at radius 3 is 2.35 bits per heavy atom. The molecule has 2 rings (SSSR count). The predicted octanol–water partition coefficient (Wildman–Crippen LogP) is 3.56. The van der Waals surface area contributed by atoms with Gasteiger partial charge in [0.05, 0.1) is 12.0 Å². The minimum atomic E-state index is -0.226. The van der Waals surface area contributed by atoms with Gasteiger partial charge in [-0.25, -0.2) is 4.39 Å². The van der Waals surface area contributed by atoms with Crippen molar-refractivity contribution >= 4 is 0 Å². The van der Waals surface area contributed by atoms with Crippen molar-refractivity contribution in [2.75, 3.05) is 13.6 Å². The van der Waals surface area contributed by atoms with Gasteiger partial charge < -0.3 is 4.90 Å². The van der Waals surface area contributed by atoms with Crippen LogP contribution in [0.2, 0.25) is 0 Å². The third kappa shape index (κ3) is 3.91. The number of nitriles is 1. The van der Waals surface area contributed by atoms with Crippen molar-refractivity contribution in [3.05, 3.63) is 71.5 Å². The number of halogens is 1. The second-order valence-electron chi connectivity index (χ2n) is 4.92. The molecule has 1 unspecified atom stereocenters. The zero-order chi connectivity index (χ0) is 14.4. The van der Waals surface area contributed by atoms with Crippen LogP contribution in [0.15, 0.2) is 54.6 Å². The molecule has 0 fully saturated rings. The average Bonchev–Trinajstić information content (AvgIpc) is 2.48. The van der Waals surface area contributed by atoms with Gasteiger partial charge in [-0.1, -0.05) is 42.5 Å². The predicted molar refractivity (Wildman–Crippen MR) is 77.5 cm³/mol. The highest BCUT2D eigenvalue weighted by Gasteiger charge is 2.13. The number of hydrogen-bond acceptors (Lipinski definition) is 2. The van der Waals surface area contributed by atoms with E-state index in [4.69, 9.17) is 0 Å². The lowest BCUT2D eigenvalue weighted by Crippen LogP contribution is -2.23. The smallest absolute Gasteiger partial charge is 0.123 e. The highest BCUT2D eigenvalue weighted by atomic mass is 19.1. The van der Waals surface area contributed by atoms with Gasteiger partial charge in [0.15, 0.2) is 0 Å². The summed E-state index contributed by atoms with van der Waals surface area (Å²) in [6.45, 7) is 1.35. The zero-order valence-electron chi connectivity index (χ0n) is 11.5. The summed E-state index contributed by atoms with van der Waals surface area (Å²) in [5.41, 5.74) is 2.07. The molecule has 0 saturated heterocycles. The van der Waals surface area contributed by atoms with Crippen LogP contribution in [0.4, 0.5) is 4.39 Å². The second-order valence-corrected chi connectivity index (χ2v) is 4.92. The van der Waals surface area contributed by atoms with Crippen LogP contribution in [0.5, 0.6) is 0 Å². The molecule has 0 aliphatic carbocycles. The van der Waals surface area contributed by atoms with E-state index in [1.165, 1.54) is 12.1 Å². The van der Waals surface area contributed by atoms with E-state index in [1.807, 2.05) is 37.4 Å². The fourth-order valence-electron chi connectivity index (χ4n) is 2.18. The van der Waals surface area contributed by atoms with Crippen LogP contribution < -0.4 is 0 Å². The molecule has 2 nitrogen and oxygen atoms in total. The topological polar surface area (TPSA) is 27.0 Å². The Labute approximate surface area is 119 Å². The summed E-state index contributed by atoms with van der Waals surface area (Å²) in [5, 5.41) is 9.30. The highest BCUT2D eigenvalue weighted by molar-refractivity contribution is 5.25. The summed E-state index contributed by atoms with van der Waals surface area (Å²) in [4.78, 5) is 2.08. The number of nitrogens with zero attached hydrogens (tertiary/aromatic N) is 2. The first kappa shape index (κ1) is 14.2. The summed E-state index contributed by atoms with van der Waals surface area (Å²) in [7, 11) is 1.97. The Morgan fingerprint density at radius 2 is 1.75 bits per heavy atom. The van der Waals surface area contributed by atoms with Gasteiger partial charge >= 0.3 is 0 Å². The summed E-state index contributed by atoms with van der Waals surface area (Å²) >= 11 is 0. The van der Waals surface area contributed by atoms with E-state index in [0.717, 1.165) is 11.1 Å². The molecule has 2 aromatic carbocycles. The molecule has 20 heavy (non-hydrogen) atoms. The lowest BCUT2D eigenvalue weighted by atomic mass is 10.00. The first-order valence-electron chi connectivity index (χ1n) is 6.56. The molecular formula is C17H17FN2. The van der Waals surface area contributed by atoms with Gasteiger partial charge in [-0.05, 0) is 30.3 Å².